The van der Waals surface area contributed by atoms with Crippen LogP contribution in [0.2, 0.25) is 0 Å². The average molecular weight is 456 g/mol. The number of hydrogen-bond acceptors (Lipinski definition) is 4. The summed E-state index contributed by atoms with van der Waals surface area (Å²) in [5.41, 5.74) is 7.36. The monoisotopic (exact) mass is 455 g/mol. The van der Waals surface area contributed by atoms with Crippen molar-refractivity contribution in [3.05, 3.63) is 83.6 Å². The van der Waals surface area contributed by atoms with E-state index in [1.54, 1.807) is 19.4 Å². The molecule has 0 unspecified atom stereocenters. The minimum absolute atomic E-state index is 0.184. The molecule has 1 amide bonds. The predicted molar refractivity (Wildman–Crippen MR) is 138 cm³/mol. The van der Waals surface area contributed by atoms with Crippen molar-refractivity contribution in [1.82, 2.24) is 0 Å². The molecule has 0 aliphatic heterocycles. The van der Waals surface area contributed by atoms with Gasteiger partial charge in [0.25, 0.3) is 0 Å². The second-order valence-electron chi connectivity index (χ2n) is 8.22. The van der Waals surface area contributed by atoms with Crippen LogP contribution < -0.4 is 14.8 Å². The van der Waals surface area contributed by atoms with Crippen molar-refractivity contribution < 1.29 is 18.7 Å². The number of allylic oxidation sites excluding steroid dienone is 1. The molecule has 0 radical (unpaired) electrons. The number of methoxy groups -OCH3 is 1. The van der Waals surface area contributed by atoms with E-state index in [-0.39, 0.29) is 5.91 Å². The molecule has 0 aliphatic carbocycles. The average Bonchev–Trinajstić information content (AvgIpc) is 3.24. The number of anilines is 1. The Labute approximate surface area is 200 Å². The highest BCUT2D eigenvalue weighted by atomic mass is 16.5. The quantitative estimate of drug-likeness (QED) is 0.300. The molecule has 0 spiro atoms. The zero-order chi connectivity index (χ0) is 24.2. The normalized spacial score (nSPS) is 11.5. The number of benzene rings is 3. The summed E-state index contributed by atoms with van der Waals surface area (Å²) in [7, 11) is 1.65. The Balaban J connectivity index is 1.72. The number of nitrogens with one attached hydrogen (secondary N) is 1. The van der Waals surface area contributed by atoms with Gasteiger partial charge in [0.1, 0.15) is 17.1 Å². The highest BCUT2D eigenvalue weighted by Crippen LogP contribution is 2.38. The summed E-state index contributed by atoms with van der Waals surface area (Å²) in [6, 6.07) is 17.6. The maximum atomic E-state index is 12.8. The highest BCUT2D eigenvalue weighted by molar-refractivity contribution is 6.05. The van der Waals surface area contributed by atoms with E-state index in [4.69, 9.17) is 13.9 Å². The lowest BCUT2D eigenvalue weighted by molar-refractivity contribution is -0.111. The molecule has 0 atom stereocenters. The van der Waals surface area contributed by atoms with Gasteiger partial charge >= 0.3 is 0 Å². The zero-order valence-electron chi connectivity index (χ0n) is 20.2. The fourth-order valence-corrected chi connectivity index (χ4v) is 3.96. The molecule has 34 heavy (non-hydrogen) atoms. The van der Waals surface area contributed by atoms with Crippen LogP contribution in [0.1, 0.15) is 30.5 Å². The third-order valence-electron chi connectivity index (χ3n) is 6.01. The van der Waals surface area contributed by atoms with Crippen LogP contribution in [0.3, 0.4) is 0 Å². The number of carbonyl (C=O) groups excluding carboxylic acids is 1. The largest absolute Gasteiger partial charge is 0.497 e. The van der Waals surface area contributed by atoms with E-state index < -0.39 is 0 Å². The Morgan fingerprint density at radius 3 is 2.56 bits per heavy atom. The zero-order valence-corrected chi connectivity index (χ0v) is 20.2. The number of furan rings is 1. The Bertz CT molecular complexity index is 1360. The third kappa shape index (κ3) is 4.69. The van der Waals surface area contributed by atoms with E-state index in [9.17, 15) is 4.79 Å². The van der Waals surface area contributed by atoms with Crippen LogP contribution in [-0.4, -0.2) is 19.6 Å². The third-order valence-corrected chi connectivity index (χ3v) is 6.01. The first-order chi connectivity index (χ1) is 16.4. The molecule has 4 aromatic rings. The van der Waals surface area contributed by atoms with E-state index in [1.165, 1.54) is 0 Å². The molecule has 1 heterocycles. The van der Waals surface area contributed by atoms with Gasteiger partial charge in [-0.3, -0.25) is 4.79 Å². The van der Waals surface area contributed by atoms with Crippen LogP contribution in [0.4, 0.5) is 5.69 Å². The fourth-order valence-electron chi connectivity index (χ4n) is 3.96. The van der Waals surface area contributed by atoms with Gasteiger partial charge in [-0.2, -0.15) is 0 Å². The summed E-state index contributed by atoms with van der Waals surface area (Å²) in [6.07, 6.45) is 3.36. The molecule has 1 aromatic heterocycles. The second kappa shape index (κ2) is 9.87. The first-order valence-electron chi connectivity index (χ1n) is 11.3. The SMILES string of the molecule is CCOc1cc2occ(-c3ccc(OC)cc3)c2cc1/C(C)=C/C(=O)Nc1cccc(C)c1C. The van der Waals surface area contributed by atoms with Gasteiger partial charge in [0.05, 0.1) is 20.0 Å². The van der Waals surface area contributed by atoms with E-state index in [0.717, 1.165) is 55.8 Å². The van der Waals surface area contributed by atoms with E-state index in [1.807, 2.05) is 82.3 Å². The fraction of sp³-hybridized carbons (Fsp3) is 0.207. The van der Waals surface area contributed by atoms with Gasteiger partial charge in [-0.25, -0.2) is 0 Å². The van der Waals surface area contributed by atoms with Gasteiger partial charge < -0.3 is 19.2 Å². The smallest absolute Gasteiger partial charge is 0.248 e. The summed E-state index contributed by atoms with van der Waals surface area (Å²) < 4.78 is 17.0. The molecule has 4 rings (SSSR count). The van der Waals surface area contributed by atoms with Crippen LogP contribution in [-0.2, 0) is 4.79 Å². The van der Waals surface area contributed by atoms with E-state index in [0.29, 0.717) is 12.4 Å². The topological polar surface area (TPSA) is 60.7 Å². The summed E-state index contributed by atoms with van der Waals surface area (Å²) in [5.74, 6) is 1.29. The van der Waals surface area contributed by atoms with Gasteiger partial charge in [-0.05, 0) is 74.2 Å². The molecule has 5 nitrogen and oxygen atoms in total. The number of hydrogen-bond donors (Lipinski definition) is 1. The number of rotatable bonds is 7. The molecule has 1 N–H and O–H groups in total. The molecule has 3 aromatic carbocycles. The number of carbonyl (C=O) groups is 1. The summed E-state index contributed by atoms with van der Waals surface area (Å²) in [4.78, 5) is 12.8. The van der Waals surface area contributed by atoms with Crippen molar-refractivity contribution in [1.29, 1.82) is 0 Å². The lowest BCUT2D eigenvalue weighted by Gasteiger charge is -2.12. The Hall–Kier alpha value is -3.99. The lowest BCUT2D eigenvalue weighted by Crippen LogP contribution is -2.10. The summed E-state index contributed by atoms with van der Waals surface area (Å²) >= 11 is 0. The van der Waals surface area contributed by atoms with Crippen molar-refractivity contribution in [3.8, 4) is 22.6 Å². The Morgan fingerprint density at radius 2 is 1.85 bits per heavy atom. The lowest BCUT2D eigenvalue weighted by atomic mass is 9.99. The van der Waals surface area contributed by atoms with Gasteiger partial charge in [-0.1, -0.05) is 24.3 Å². The van der Waals surface area contributed by atoms with Crippen molar-refractivity contribution >= 4 is 28.1 Å². The van der Waals surface area contributed by atoms with Gasteiger partial charge in [0.15, 0.2) is 0 Å². The molecule has 0 bridgehead atoms. The summed E-state index contributed by atoms with van der Waals surface area (Å²) in [5, 5.41) is 3.95. The minimum Gasteiger partial charge on any atom is -0.497 e. The molecular weight excluding hydrogens is 426 g/mol. The molecule has 0 fully saturated rings. The van der Waals surface area contributed by atoms with Crippen molar-refractivity contribution in [2.75, 3.05) is 19.0 Å². The molecule has 5 heteroatoms. The maximum absolute atomic E-state index is 12.8. The predicted octanol–water partition coefficient (Wildman–Crippen LogP) is 7.17. The molecule has 0 saturated heterocycles. The van der Waals surface area contributed by atoms with Crippen molar-refractivity contribution in [3.63, 3.8) is 0 Å². The second-order valence-corrected chi connectivity index (χ2v) is 8.22. The maximum Gasteiger partial charge on any atom is 0.248 e. The van der Waals surface area contributed by atoms with Crippen LogP contribution >= 0.6 is 0 Å². The minimum atomic E-state index is -0.184. The molecular formula is C29H29NO4. The van der Waals surface area contributed by atoms with Crippen LogP contribution in [0.25, 0.3) is 27.7 Å². The van der Waals surface area contributed by atoms with Crippen LogP contribution in [0, 0.1) is 13.8 Å². The standard InChI is InChI=1S/C29H29NO4/c1-6-33-27-16-28-24(25(17-34-28)21-10-12-22(32-5)13-11-21)15-23(27)19(3)14-29(31)30-26-9-7-8-18(2)20(26)4/h7-17H,6H2,1-5H3,(H,30,31)/b19-14+. The number of aryl methyl sites for hydroxylation is 1. The van der Waals surface area contributed by atoms with Crippen molar-refractivity contribution in [2.24, 2.45) is 0 Å². The van der Waals surface area contributed by atoms with Gasteiger partial charge in [0, 0.05) is 34.3 Å². The van der Waals surface area contributed by atoms with E-state index in [2.05, 4.69) is 5.32 Å². The van der Waals surface area contributed by atoms with Gasteiger partial charge in [-0.15, -0.1) is 0 Å². The first-order valence-corrected chi connectivity index (χ1v) is 11.3. The van der Waals surface area contributed by atoms with Crippen molar-refractivity contribution in [2.45, 2.75) is 27.7 Å². The van der Waals surface area contributed by atoms with Crippen LogP contribution in [0.15, 0.2) is 71.4 Å². The number of fused-ring (bicyclic) bond motifs is 1. The Morgan fingerprint density at radius 1 is 1.09 bits per heavy atom. The Kier molecular flexibility index (Phi) is 6.73. The summed E-state index contributed by atoms with van der Waals surface area (Å²) in [6.45, 7) is 8.39. The highest BCUT2D eigenvalue weighted by Gasteiger charge is 2.16. The molecule has 174 valence electrons. The number of ether oxygens (including phenoxy) is 2. The molecule has 0 saturated carbocycles. The van der Waals surface area contributed by atoms with E-state index >= 15 is 0 Å². The number of amides is 1. The molecule has 0 aliphatic rings. The van der Waals surface area contributed by atoms with Gasteiger partial charge in [0.2, 0.25) is 5.91 Å². The first kappa shape index (κ1) is 23.2. The van der Waals surface area contributed by atoms with Crippen LogP contribution in [0.5, 0.6) is 11.5 Å².